The van der Waals surface area contributed by atoms with Crippen molar-refractivity contribution < 1.29 is 13.2 Å². The normalized spacial score (nSPS) is 18.9. The van der Waals surface area contributed by atoms with Gasteiger partial charge in [-0.15, -0.1) is 0 Å². The summed E-state index contributed by atoms with van der Waals surface area (Å²) in [5.41, 5.74) is 0.517. The van der Waals surface area contributed by atoms with E-state index in [2.05, 4.69) is 23.7 Å². The molecule has 2 rings (SSSR count). The van der Waals surface area contributed by atoms with Crippen LogP contribution in [0.1, 0.15) is 50.4 Å². The third kappa shape index (κ3) is 4.93. The van der Waals surface area contributed by atoms with Crippen LogP contribution in [0.15, 0.2) is 18.3 Å². The standard InChI is InChI=1S/C18H29N3O3S/c1-4-10-20(11-5-2)17-8-7-15(13-19-17)18(22)21(6-3)16-9-12-25(23,24)14-16/h7-8,13,16H,4-6,9-12,14H2,1-3H3. The van der Waals surface area contributed by atoms with Crippen molar-refractivity contribution in [3.05, 3.63) is 23.9 Å². The molecule has 0 saturated carbocycles. The third-order valence-corrected chi connectivity index (χ3v) is 6.31. The zero-order valence-corrected chi connectivity index (χ0v) is 16.3. The topological polar surface area (TPSA) is 70.6 Å². The molecule has 1 aliphatic heterocycles. The van der Waals surface area contributed by atoms with Crippen molar-refractivity contribution >= 4 is 21.6 Å². The van der Waals surface area contributed by atoms with Gasteiger partial charge in [-0.1, -0.05) is 13.8 Å². The number of anilines is 1. The molecular formula is C18H29N3O3S. The van der Waals surface area contributed by atoms with Crippen molar-refractivity contribution in [2.45, 2.75) is 46.1 Å². The van der Waals surface area contributed by atoms with Gasteiger partial charge in [0, 0.05) is 31.9 Å². The largest absolute Gasteiger partial charge is 0.357 e. The summed E-state index contributed by atoms with van der Waals surface area (Å²) in [6.45, 7) is 8.53. The summed E-state index contributed by atoms with van der Waals surface area (Å²) in [4.78, 5) is 21.1. The van der Waals surface area contributed by atoms with Gasteiger partial charge >= 0.3 is 0 Å². The van der Waals surface area contributed by atoms with Crippen LogP contribution in [0.25, 0.3) is 0 Å². The molecule has 1 atom stereocenters. The second-order valence-corrected chi connectivity index (χ2v) is 8.77. The van der Waals surface area contributed by atoms with E-state index in [0.717, 1.165) is 31.7 Å². The van der Waals surface area contributed by atoms with Gasteiger partial charge in [-0.05, 0) is 38.3 Å². The van der Waals surface area contributed by atoms with Gasteiger partial charge in [-0.25, -0.2) is 13.4 Å². The Hall–Kier alpha value is -1.63. The van der Waals surface area contributed by atoms with Crippen LogP contribution in [0.2, 0.25) is 0 Å². The number of hydrogen-bond donors (Lipinski definition) is 0. The van der Waals surface area contributed by atoms with Gasteiger partial charge in [0.15, 0.2) is 9.84 Å². The van der Waals surface area contributed by atoms with E-state index in [4.69, 9.17) is 0 Å². The lowest BCUT2D eigenvalue weighted by Crippen LogP contribution is -2.41. The highest BCUT2D eigenvalue weighted by Crippen LogP contribution is 2.20. The summed E-state index contributed by atoms with van der Waals surface area (Å²) < 4.78 is 23.4. The fraction of sp³-hybridized carbons (Fsp3) is 0.667. The fourth-order valence-electron chi connectivity index (χ4n) is 3.34. The molecule has 0 aliphatic carbocycles. The maximum Gasteiger partial charge on any atom is 0.255 e. The summed E-state index contributed by atoms with van der Waals surface area (Å²) in [5, 5.41) is 0. The molecule has 0 bridgehead atoms. The summed E-state index contributed by atoms with van der Waals surface area (Å²) in [5.74, 6) is 0.980. The Morgan fingerprint density at radius 2 is 1.88 bits per heavy atom. The lowest BCUT2D eigenvalue weighted by atomic mass is 10.1. The summed E-state index contributed by atoms with van der Waals surface area (Å²) in [6.07, 6.45) is 4.22. The maximum atomic E-state index is 12.8. The molecule has 0 aromatic carbocycles. The lowest BCUT2D eigenvalue weighted by Gasteiger charge is -2.27. The summed E-state index contributed by atoms with van der Waals surface area (Å²) >= 11 is 0. The monoisotopic (exact) mass is 367 g/mol. The van der Waals surface area contributed by atoms with Gasteiger partial charge < -0.3 is 9.80 Å². The first-order valence-electron chi connectivity index (χ1n) is 9.14. The Bertz CT molecular complexity index is 667. The summed E-state index contributed by atoms with van der Waals surface area (Å²) in [7, 11) is -3.01. The number of nitrogens with zero attached hydrogens (tertiary/aromatic N) is 3. The summed E-state index contributed by atoms with van der Waals surface area (Å²) in [6, 6.07) is 3.46. The zero-order chi connectivity index (χ0) is 18.4. The Labute approximate surface area is 151 Å². The molecule has 0 N–H and O–H groups in total. The van der Waals surface area contributed by atoms with Gasteiger partial charge in [0.2, 0.25) is 0 Å². The average molecular weight is 368 g/mol. The molecular weight excluding hydrogens is 338 g/mol. The number of pyridine rings is 1. The number of sulfone groups is 1. The van der Waals surface area contributed by atoms with Crippen molar-refractivity contribution in [1.29, 1.82) is 0 Å². The first kappa shape index (κ1) is 19.7. The molecule has 7 heteroatoms. The van der Waals surface area contributed by atoms with E-state index >= 15 is 0 Å². The lowest BCUT2D eigenvalue weighted by molar-refractivity contribution is 0.0708. The van der Waals surface area contributed by atoms with Gasteiger partial charge in [0.25, 0.3) is 5.91 Å². The molecule has 1 aromatic heterocycles. The number of carbonyl (C=O) groups excluding carboxylic acids is 1. The SMILES string of the molecule is CCCN(CCC)c1ccc(C(=O)N(CC)C2CCS(=O)(=O)C2)cn1. The van der Waals surface area contributed by atoms with Crippen molar-refractivity contribution in [1.82, 2.24) is 9.88 Å². The molecule has 1 aromatic rings. The molecule has 0 radical (unpaired) electrons. The minimum atomic E-state index is -3.01. The van der Waals surface area contributed by atoms with Crippen LogP contribution in [-0.4, -0.2) is 61.4 Å². The van der Waals surface area contributed by atoms with E-state index in [1.807, 2.05) is 13.0 Å². The third-order valence-electron chi connectivity index (χ3n) is 4.56. The minimum absolute atomic E-state index is 0.0683. The molecule has 6 nitrogen and oxygen atoms in total. The quantitative estimate of drug-likeness (QED) is 0.705. The Balaban J connectivity index is 2.13. The predicted octanol–water partition coefficient (Wildman–Crippen LogP) is 2.36. The first-order valence-corrected chi connectivity index (χ1v) is 11.0. The molecule has 2 heterocycles. The smallest absolute Gasteiger partial charge is 0.255 e. The molecule has 1 aliphatic rings. The zero-order valence-electron chi connectivity index (χ0n) is 15.4. The molecule has 1 unspecified atom stereocenters. The van der Waals surface area contributed by atoms with Crippen LogP contribution < -0.4 is 4.90 Å². The van der Waals surface area contributed by atoms with E-state index in [1.54, 1.807) is 17.2 Å². The highest BCUT2D eigenvalue weighted by Gasteiger charge is 2.34. The fourth-order valence-corrected chi connectivity index (χ4v) is 5.07. The first-order chi connectivity index (χ1) is 11.9. The van der Waals surface area contributed by atoms with Crippen LogP contribution >= 0.6 is 0 Å². The van der Waals surface area contributed by atoms with Crippen LogP contribution in [0, 0.1) is 0 Å². The predicted molar refractivity (Wildman–Crippen MR) is 101 cm³/mol. The van der Waals surface area contributed by atoms with Crippen LogP contribution in [-0.2, 0) is 9.84 Å². The van der Waals surface area contributed by atoms with E-state index < -0.39 is 9.84 Å². The highest BCUT2D eigenvalue weighted by atomic mass is 32.2. The average Bonchev–Trinajstić information content (AvgIpc) is 2.95. The molecule has 1 fully saturated rings. The maximum absolute atomic E-state index is 12.8. The molecule has 1 saturated heterocycles. The molecule has 140 valence electrons. The Morgan fingerprint density at radius 1 is 1.20 bits per heavy atom. The van der Waals surface area contributed by atoms with Crippen molar-refractivity contribution in [3.63, 3.8) is 0 Å². The van der Waals surface area contributed by atoms with Gasteiger partial charge in [-0.2, -0.15) is 0 Å². The van der Waals surface area contributed by atoms with Crippen molar-refractivity contribution in [3.8, 4) is 0 Å². The number of aromatic nitrogens is 1. The minimum Gasteiger partial charge on any atom is -0.357 e. The number of rotatable bonds is 8. The molecule has 1 amide bonds. The van der Waals surface area contributed by atoms with Crippen LogP contribution in [0.3, 0.4) is 0 Å². The molecule has 0 spiro atoms. The van der Waals surface area contributed by atoms with Crippen molar-refractivity contribution in [2.24, 2.45) is 0 Å². The van der Waals surface area contributed by atoms with Gasteiger partial charge in [-0.3, -0.25) is 4.79 Å². The van der Waals surface area contributed by atoms with Crippen LogP contribution in [0.5, 0.6) is 0 Å². The second-order valence-electron chi connectivity index (χ2n) is 6.54. The van der Waals surface area contributed by atoms with E-state index in [-0.39, 0.29) is 23.5 Å². The van der Waals surface area contributed by atoms with Gasteiger partial charge in [0.1, 0.15) is 5.82 Å². The second kappa shape index (κ2) is 8.65. The van der Waals surface area contributed by atoms with Crippen LogP contribution in [0.4, 0.5) is 5.82 Å². The van der Waals surface area contributed by atoms with E-state index in [9.17, 15) is 13.2 Å². The molecule has 25 heavy (non-hydrogen) atoms. The van der Waals surface area contributed by atoms with E-state index in [1.165, 1.54) is 0 Å². The van der Waals surface area contributed by atoms with E-state index in [0.29, 0.717) is 18.5 Å². The van der Waals surface area contributed by atoms with Crippen molar-refractivity contribution in [2.75, 3.05) is 36.0 Å². The number of hydrogen-bond acceptors (Lipinski definition) is 5. The van der Waals surface area contributed by atoms with Gasteiger partial charge in [0.05, 0.1) is 17.1 Å². The number of amides is 1. The Kier molecular flexibility index (Phi) is 6.81. The highest BCUT2D eigenvalue weighted by molar-refractivity contribution is 7.91. The Morgan fingerprint density at radius 3 is 2.32 bits per heavy atom. The number of carbonyl (C=O) groups is 1.